The van der Waals surface area contributed by atoms with E-state index in [1.54, 1.807) is 6.07 Å². The second-order valence-corrected chi connectivity index (χ2v) is 4.81. The maximum Gasteiger partial charge on any atom is 0.287 e. The molecular formula is C14H18N4O2. The zero-order chi connectivity index (χ0) is 14.5. The second-order valence-electron chi connectivity index (χ2n) is 4.81. The number of rotatable bonds is 5. The van der Waals surface area contributed by atoms with Crippen molar-refractivity contribution in [2.45, 2.75) is 20.0 Å². The minimum absolute atomic E-state index is 0.187. The topological polar surface area (TPSA) is 84.4 Å². The maximum atomic E-state index is 11.3. The first-order valence-electron chi connectivity index (χ1n) is 6.29. The summed E-state index contributed by atoms with van der Waals surface area (Å²) >= 11 is 0. The Hall–Kier alpha value is -2.18. The Morgan fingerprint density at radius 3 is 2.90 bits per heavy atom. The summed E-state index contributed by atoms with van der Waals surface area (Å²) in [5.74, 6) is 5.21. The van der Waals surface area contributed by atoms with Gasteiger partial charge in [0.2, 0.25) is 0 Å². The Morgan fingerprint density at radius 2 is 2.20 bits per heavy atom. The van der Waals surface area contributed by atoms with Crippen LogP contribution in [0.5, 0.6) is 0 Å². The van der Waals surface area contributed by atoms with Crippen molar-refractivity contribution >= 4 is 5.91 Å². The lowest BCUT2D eigenvalue weighted by molar-refractivity contribution is 0.0944. The standard InChI is InChI=1S/C14H18N4O2/c1-10-4-3-5-11(6-10)8-18(2)9-12-7-13(17-20-12)14(19)16-15/h3-7H,8-9,15H2,1-2H3,(H,16,19). The summed E-state index contributed by atoms with van der Waals surface area (Å²) in [5.41, 5.74) is 4.67. The highest BCUT2D eigenvalue weighted by molar-refractivity contribution is 5.91. The Labute approximate surface area is 117 Å². The van der Waals surface area contributed by atoms with Crippen LogP contribution in [0.4, 0.5) is 0 Å². The van der Waals surface area contributed by atoms with Gasteiger partial charge >= 0.3 is 0 Å². The minimum Gasteiger partial charge on any atom is -0.359 e. The first-order chi connectivity index (χ1) is 9.58. The molecule has 0 saturated carbocycles. The first kappa shape index (κ1) is 14.2. The molecule has 3 N–H and O–H groups in total. The quantitative estimate of drug-likeness (QED) is 0.486. The molecule has 0 aliphatic heterocycles. The summed E-state index contributed by atoms with van der Waals surface area (Å²) in [6, 6.07) is 9.92. The van der Waals surface area contributed by atoms with Crippen LogP contribution in [0.15, 0.2) is 34.9 Å². The highest BCUT2D eigenvalue weighted by Crippen LogP contribution is 2.11. The Balaban J connectivity index is 1.96. The number of aromatic nitrogens is 1. The summed E-state index contributed by atoms with van der Waals surface area (Å²) in [7, 11) is 1.98. The highest BCUT2D eigenvalue weighted by atomic mass is 16.5. The fourth-order valence-corrected chi connectivity index (χ4v) is 2.01. The number of carbonyl (C=O) groups is 1. The van der Waals surface area contributed by atoms with Gasteiger partial charge in [-0.1, -0.05) is 35.0 Å². The monoisotopic (exact) mass is 274 g/mol. The molecular weight excluding hydrogens is 256 g/mol. The van der Waals surface area contributed by atoms with E-state index in [0.29, 0.717) is 12.3 Å². The molecule has 106 valence electrons. The number of amides is 1. The lowest BCUT2D eigenvalue weighted by Gasteiger charge is -2.14. The summed E-state index contributed by atoms with van der Waals surface area (Å²) in [4.78, 5) is 13.4. The predicted octanol–water partition coefficient (Wildman–Crippen LogP) is 1.22. The molecule has 6 heteroatoms. The van der Waals surface area contributed by atoms with E-state index in [-0.39, 0.29) is 5.69 Å². The molecule has 0 saturated heterocycles. The minimum atomic E-state index is -0.457. The largest absolute Gasteiger partial charge is 0.359 e. The molecule has 1 amide bonds. The molecule has 0 atom stereocenters. The number of nitrogens with one attached hydrogen (secondary N) is 1. The molecule has 0 aliphatic carbocycles. The molecule has 0 radical (unpaired) electrons. The van der Waals surface area contributed by atoms with Gasteiger partial charge in [-0.25, -0.2) is 5.84 Å². The third-order valence-electron chi connectivity index (χ3n) is 2.88. The van der Waals surface area contributed by atoms with Gasteiger partial charge < -0.3 is 4.52 Å². The van der Waals surface area contributed by atoms with Gasteiger partial charge in [-0.2, -0.15) is 0 Å². The van der Waals surface area contributed by atoms with E-state index in [4.69, 9.17) is 10.4 Å². The first-order valence-corrected chi connectivity index (χ1v) is 6.29. The van der Waals surface area contributed by atoms with Gasteiger partial charge in [0.05, 0.1) is 6.54 Å². The van der Waals surface area contributed by atoms with Gasteiger partial charge in [-0.05, 0) is 19.5 Å². The average molecular weight is 274 g/mol. The van der Waals surface area contributed by atoms with Crippen molar-refractivity contribution in [1.29, 1.82) is 0 Å². The highest BCUT2D eigenvalue weighted by Gasteiger charge is 2.12. The summed E-state index contributed by atoms with van der Waals surface area (Å²) in [6.45, 7) is 3.43. The molecule has 0 spiro atoms. The zero-order valence-corrected chi connectivity index (χ0v) is 11.6. The number of nitrogens with two attached hydrogens (primary N) is 1. The molecule has 1 aromatic heterocycles. The van der Waals surface area contributed by atoms with Crippen molar-refractivity contribution in [3.05, 3.63) is 52.9 Å². The van der Waals surface area contributed by atoms with Crippen molar-refractivity contribution in [2.75, 3.05) is 7.05 Å². The molecule has 2 rings (SSSR count). The predicted molar refractivity (Wildman–Crippen MR) is 74.5 cm³/mol. The van der Waals surface area contributed by atoms with Crippen LogP contribution in [-0.2, 0) is 13.1 Å². The van der Waals surface area contributed by atoms with Crippen LogP contribution < -0.4 is 11.3 Å². The van der Waals surface area contributed by atoms with Gasteiger partial charge in [0, 0.05) is 12.6 Å². The van der Waals surface area contributed by atoms with Crippen molar-refractivity contribution in [2.24, 2.45) is 5.84 Å². The fraction of sp³-hybridized carbons (Fsp3) is 0.286. The second kappa shape index (κ2) is 6.31. The van der Waals surface area contributed by atoms with Gasteiger partial charge in [-0.15, -0.1) is 0 Å². The molecule has 2 aromatic rings. The van der Waals surface area contributed by atoms with E-state index in [1.807, 2.05) is 18.5 Å². The number of hydrazine groups is 1. The summed E-state index contributed by atoms with van der Waals surface area (Å²) < 4.78 is 5.11. The van der Waals surface area contributed by atoms with Gasteiger partial charge in [0.25, 0.3) is 5.91 Å². The van der Waals surface area contributed by atoms with Crippen molar-refractivity contribution in [1.82, 2.24) is 15.5 Å². The molecule has 1 aromatic carbocycles. The third-order valence-corrected chi connectivity index (χ3v) is 2.88. The molecule has 0 unspecified atom stereocenters. The van der Waals surface area contributed by atoms with E-state index in [1.165, 1.54) is 11.1 Å². The van der Waals surface area contributed by atoms with Crippen molar-refractivity contribution in [3.63, 3.8) is 0 Å². The summed E-state index contributed by atoms with van der Waals surface area (Å²) in [5, 5.41) is 3.67. The smallest absolute Gasteiger partial charge is 0.287 e. The zero-order valence-electron chi connectivity index (χ0n) is 11.6. The number of nitrogen functional groups attached to an aromatic ring is 1. The van der Waals surface area contributed by atoms with Crippen molar-refractivity contribution < 1.29 is 9.32 Å². The van der Waals surface area contributed by atoms with E-state index in [9.17, 15) is 4.79 Å². The molecule has 20 heavy (non-hydrogen) atoms. The molecule has 0 aliphatic rings. The maximum absolute atomic E-state index is 11.3. The van der Waals surface area contributed by atoms with E-state index in [2.05, 4.69) is 35.2 Å². The lowest BCUT2D eigenvalue weighted by atomic mass is 10.1. The Bertz CT molecular complexity index is 594. The number of hydrogen-bond acceptors (Lipinski definition) is 5. The number of benzene rings is 1. The lowest BCUT2D eigenvalue weighted by Crippen LogP contribution is -2.30. The van der Waals surface area contributed by atoms with Crippen LogP contribution in [0, 0.1) is 6.92 Å². The van der Waals surface area contributed by atoms with Gasteiger partial charge in [0.15, 0.2) is 11.5 Å². The Morgan fingerprint density at radius 1 is 1.40 bits per heavy atom. The fourth-order valence-electron chi connectivity index (χ4n) is 2.01. The number of nitrogens with zero attached hydrogens (tertiary/aromatic N) is 2. The Kier molecular flexibility index (Phi) is 4.49. The molecule has 1 heterocycles. The van der Waals surface area contributed by atoms with Crippen LogP contribution in [0.2, 0.25) is 0 Å². The van der Waals surface area contributed by atoms with E-state index < -0.39 is 5.91 Å². The van der Waals surface area contributed by atoms with Crippen LogP contribution in [0.1, 0.15) is 27.4 Å². The van der Waals surface area contributed by atoms with E-state index in [0.717, 1.165) is 6.54 Å². The van der Waals surface area contributed by atoms with Crippen LogP contribution >= 0.6 is 0 Å². The summed E-state index contributed by atoms with van der Waals surface area (Å²) in [6.07, 6.45) is 0. The average Bonchev–Trinajstić information content (AvgIpc) is 2.86. The molecule has 6 nitrogen and oxygen atoms in total. The van der Waals surface area contributed by atoms with Crippen LogP contribution in [0.25, 0.3) is 0 Å². The molecule has 0 fully saturated rings. The number of hydrogen-bond donors (Lipinski definition) is 2. The van der Waals surface area contributed by atoms with Crippen molar-refractivity contribution in [3.8, 4) is 0 Å². The van der Waals surface area contributed by atoms with Gasteiger partial charge in [-0.3, -0.25) is 15.1 Å². The van der Waals surface area contributed by atoms with Gasteiger partial charge in [0.1, 0.15) is 0 Å². The third kappa shape index (κ3) is 3.66. The number of aryl methyl sites for hydroxylation is 1. The SMILES string of the molecule is Cc1cccc(CN(C)Cc2cc(C(=O)NN)no2)c1. The normalized spacial score (nSPS) is 10.8. The number of carbonyl (C=O) groups excluding carboxylic acids is 1. The van der Waals surface area contributed by atoms with Crippen LogP contribution in [-0.4, -0.2) is 23.0 Å². The molecule has 0 bridgehead atoms. The van der Waals surface area contributed by atoms with Crippen LogP contribution in [0.3, 0.4) is 0 Å². The van der Waals surface area contributed by atoms with E-state index >= 15 is 0 Å².